The quantitative estimate of drug-likeness (QED) is 0.327. The smallest absolute Gasteiger partial charge is 0.223 e. The van der Waals surface area contributed by atoms with E-state index in [1.165, 1.54) is 32.9 Å². The second-order valence-corrected chi connectivity index (χ2v) is 8.77. The fraction of sp³-hybridized carbons (Fsp3) is 0.321. The zero-order valence-corrected chi connectivity index (χ0v) is 18.8. The molecule has 1 amide bonds. The summed E-state index contributed by atoms with van der Waals surface area (Å²) in [6.07, 6.45) is 1.34. The highest BCUT2D eigenvalue weighted by Crippen LogP contribution is 2.30. The van der Waals surface area contributed by atoms with Crippen molar-refractivity contribution >= 4 is 27.7 Å². The number of hydrogen-bond acceptors (Lipinski definition) is 1. The molecule has 3 heteroatoms. The lowest BCUT2D eigenvalue weighted by Crippen LogP contribution is -2.33. The van der Waals surface area contributed by atoms with Crippen LogP contribution in [0.3, 0.4) is 0 Å². The number of benzene rings is 3. The Bertz CT molecular complexity index is 1170. The average molecular weight is 413 g/mol. The number of fused-ring (bicyclic) bond motifs is 3. The maximum absolute atomic E-state index is 13.1. The van der Waals surface area contributed by atoms with E-state index >= 15 is 0 Å². The highest BCUT2D eigenvalue weighted by Gasteiger charge is 2.17. The van der Waals surface area contributed by atoms with Crippen LogP contribution in [-0.2, 0) is 24.3 Å². The summed E-state index contributed by atoms with van der Waals surface area (Å²) >= 11 is 0. The van der Waals surface area contributed by atoms with E-state index < -0.39 is 0 Å². The minimum absolute atomic E-state index is 0.230. The van der Waals surface area contributed by atoms with Crippen LogP contribution in [0.25, 0.3) is 21.8 Å². The number of aromatic nitrogens is 1. The molecule has 31 heavy (non-hydrogen) atoms. The Kier molecular flexibility index (Phi) is 6.41. The van der Waals surface area contributed by atoms with Crippen LogP contribution in [0.4, 0.5) is 0 Å². The van der Waals surface area contributed by atoms with Crippen LogP contribution >= 0.6 is 0 Å². The third-order valence-electron chi connectivity index (χ3n) is 5.94. The fourth-order valence-corrected chi connectivity index (χ4v) is 4.51. The van der Waals surface area contributed by atoms with Gasteiger partial charge in [-0.05, 0) is 48.6 Å². The Balaban J connectivity index is 1.59. The lowest BCUT2D eigenvalue weighted by molar-refractivity contribution is -0.132. The van der Waals surface area contributed by atoms with E-state index in [-0.39, 0.29) is 5.91 Å². The highest BCUT2D eigenvalue weighted by molar-refractivity contribution is 6.08. The second-order valence-electron chi connectivity index (χ2n) is 8.77. The van der Waals surface area contributed by atoms with Gasteiger partial charge < -0.3 is 9.47 Å². The third kappa shape index (κ3) is 4.66. The van der Waals surface area contributed by atoms with Gasteiger partial charge in [-0.25, -0.2) is 0 Å². The van der Waals surface area contributed by atoms with Gasteiger partial charge in [0.25, 0.3) is 0 Å². The highest BCUT2D eigenvalue weighted by atomic mass is 16.2. The molecule has 4 rings (SSSR count). The van der Waals surface area contributed by atoms with Gasteiger partial charge in [0.05, 0.1) is 0 Å². The largest absolute Gasteiger partial charge is 0.341 e. The van der Waals surface area contributed by atoms with Crippen molar-refractivity contribution in [2.45, 2.75) is 46.7 Å². The van der Waals surface area contributed by atoms with Crippen LogP contribution < -0.4 is 0 Å². The molecule has 3 nitrogen and oxygen atoms in total. The zero-order valence-electron chi connectivity index (χ0n) is 18.8. The van der Waals surface area contributed by atoms with Gasteiger partial charge in [0.1, 0.15) is 0 Å². The minimum Gasteiger partial charge on any atom is -0.341 e. The Morgan fingerprint density at radius 1 is 0.871 bits per heavy atom. The standard InChI is InChI=1S/C28H32N2O/c1-4-30-26-13-9-8-12-24(26)25-18-23(14-16-27(25)30)20-29(19-21(2)3)28(31)17-15-22-10-6-5-7-11-22/h5-14,16,18,21H,4,15,17,19-20H2,1-3H3. The van der Waals surface area contributed by atoms with Crippen LogP contribution in [0.2, 0.25) is 0 Å². The molecule has 0 saturated carbocycles. The summed E-state index contributed by atoms with van der Waals surface area (Å²) in [6, 6.07) is 25.6. The van der Waals surface area contributed by atoms with Gasteiger partial charge in [0.15, 0.2) is 0 Å². The SMILES string of the molecule is CCn1c2ccccc2c2cc(CN(CC(C)C)C(=O)CCc3ccccc3)ccc21. The first-order chi connectivity index (χ1) is 15.1. The molecular weight excluding hydrogens is 380 g/mol. The molecule has 1 heterocycles. The first-order valence-corrected chi connectivity index (χ1v) is 11.4. The number of aryl methyl sites for hydroxylation is 2. The summed E-state index contributed by atoms with van der Waals surface area (Å²) in [7, 11) is 0. The number of hydrogen-bond donors (Lipinski definition) is 0. The summed E-state index contributed by atoms with van der Waals surface area (Å²) in [6.45, 7) is 8.93. The number of carbonyl (C=O) groups is 1. The van der Waals surface area contributed by atoms with Crippen LogP contribution in [0.5, 0.6) is 0 Å². The van der Waals surface area contributed by atoms with Crippen LogP contribution in [0, 0.1) is 5.92 Å². The van der Waals surface area contributed by atoms with Crippen molar-refractivity contribution in [2.75, 3.05) is 6.54 Å². The predicted molar refractivity (Wildman–Crippen MR) is 130 cm³/mol. The molecule has 0 radical (unpaired) electrons. The first-order valence-electron chi connectivity index (χ1n) is 11.4. The number of carbonyl (C=O) groups excluding carboxylic acids is 1. The second kappa shape index (κ2) is 9.38. The Hall–Kier alpha value is -3.07. The molecule has 0 saturated heterocycles. The molecule has 1 aromatic heterocycles. The van der Waals surface area contributed by atoms with E-state index in [2.05, 4.69) is 79.9 Å². The number of para-hydroxylation sites is 1. The van der Waals surface area contributed by atoms with Crippen LogP contribution in [0.1, 0.15) is 38.3 Å². The van der Waals surface area contributed by atoms with Crippen LogP contribution in [-0.4, -0.2) is 21.9 Å². The first kappa shape index (κ1) is 21.2. The van der Waals surface area contributed by atoms with E-state index in [1.54, 1.807) is 0 Å². The Morgan fingerprint density at radius 3 is 2.32 bits per heavy atom. The third-order valence-corrected chi connectivity index (χ3v) is 5.94. The van der Waals surface area contributed by atoms with Crippen LogP contribution in [0.15, 0.2) is 72.8 Å². The van der Waals surface area contributed by atoms with Crippen molar-refractivity contribution in [3.8, 4) is 0 Å². The molecule has 0 bridgehead atoms. The molecule has 0 aliphatic carbocycles. The van der Waals surface area contributed by atoms with Gasteiger partial charge in [0.2, 0.25) is 5.91 Å². The molecular formula is C28H32N2O. The van der Waals surface area contributed by atoms with E-state index in [1.807, 2.05) is 23.1 Å². The number of nitrogens with zero attached hydrogens (tertiary/aromatic N) is 2. The lowest BCUT2D eigenvalue weighted by atomic mass is 10.1. The maximum Gasteiger partial charge on any atom is 0.223 e. The minimum atomic E-state index is 0.230. The monoisotopic (exact) mass is 412 g/mol. The summed E-state index contributed by atoms with van der Waals surface area (Å²) in [5.74, 6) is 0.667. The molecule has 0 fully saturated rings. The van der Waals surface area contributed by atoms with Crippen molar-refractivity contribution in [2.24, 2.45) is 5.92 Å². The molecule has 0 atom stereocenters. The van der Waals surface area contributed by atoms with E-state index in [0.29, 0.717) is 18.9 Å². The lowest BCUT2D eigenvalue weighted by Gasteiger charge is -2.25. The topological polar surface area (TPSA) is 25.2 Å². The molecule has 0 spiro atoms. The maximum atomic E-state index is 13.1. The summed E-state index contributed by atoms with van der Waals surface area (Å²) < 4.78 is 2.37. The van der Waals surface area contributed by atoms with Gasteiger partial charge >= 0.3 is 0 Å². The van der Waals surface area contributed by atoms with Gasteiger partial charge in [-0.15, -0.1) is 0 Å². The normalized spacial score (nSPS) is 11.5. The van der Waals surface area contributed by atoms with Gasteiger partial charge in [0, 0.05) is 47.9 Å². The van der Waals surface area contributed by atoms with Crippen molar-refractivity contribution in [1.82, 2.24) is 9.47 Å². The van der Waals surface area contributed by atoms with E-state index in [0.717, 1.165) is 19.5 Å². The van der Waals surface area contributed by atoms with Gasteiger partial charge in [-0.2, -0.15) is 0 Å². The Labute approximate surface area is 185 Å². The summed E-state index contributed by atoms with van der Waals surface area (Å²) in [4.78, 5) is 15.1. The van der Waals surface area contributed by atoms with Crippen molar-refractivity contribution < 1.29 is 4.79 Å². The molecule has 4 aromatic rings. The zero-order chi connectivity index (χ0) is 21.8. The Morgan fingerprint density at radius 2 is 1.58 bits per heavy atom. The van der Waals surface area contributed by atoms with Crippen molar-refractivity contribution in [3.05, 3.63) is 83.9 Å². The fourth-order valence-electron chi connectivity index (χ4n) is 4.51. The predicted octanol–water partition coefficient (Wildman–Crippen LogP) is 6.43. The summed E-state index contributed by atoms with van der Waals surface area (Å²) in [5, 5.41) is 2.56. The molecule has 0 N–H and O–H groups in total. The summed E-state index contributed by atoms with van der Waals surface area (Å²) in [5.41, 5.74) is 4.95. The van der Waals surface area contributed by atoms with E-state index in [4.69, 9.17) is 0 Å². The number of amides is 1. The number of rotatable bonds is 8. The van der Waals surface area contributed by atoms with Crippen molar-refractivity contribution in [3.63, 3.8) is 0 Å². The molecule has 160 valence electrons. The molecule has 0 aliphatic heterocycles. The van der Waals surface area contributed by atoms with Gasteiger partial charge in [-0.3, -0.25) is 4.79 Å². The molecule has 0 aliphatic rings. The average Bonchev–Trinajstić information content (AvgIpc) is 3.10. The molecule has 0 unspecified atom stereocenters. The molecule has 3 aromatic carbocycles. The van der Waals surface area contributed by atoms with Gasteiger partial charge in [-0.1, -0.05) is 68.4 Å². The van der Waals surface area contributed by atoms with E-state index in [9.17, 15) is 4.79 Å². The van der Waals surface area contributed by atoms with Crippen molar-refractivity contribution in [1.29, 1.82) is 0 Å².